The lowest BCUT2D eigenvalue weighted by Crippen LogP contribution is -1.79. The van der Waals surface area contributed by atoms with Crippen molar-refractivity contribution in [2.75, 3.05) is 7.11 Å². The van der Waals surface area contributed by atoms with E-state index in [1.807, 2.05) is 18.2 Å². The average Bonchev–Trinajstić information content (AvgIpc) is 2.15. The van der Waals surface area contributed by atoms with E-state index in [2.05, 4.69) is 6.07 Å². The van der Waals surface area contributed by atoms with Crippen molar-refractivity contribution in [3.05, 3.63) is 41.7 Å². The van der Waals surface area contributed by atoms with Crippen molar-refractivity contribution in [3.63, 3.8) is 0 Å². The summed E-state index contributed by atoms with van der Waals surface area (Å²) in [4.78, 5) is 0. The normalized spacial score (nSPS) is 9.67. The molecule has 1 aromatic carbocycles. The lowest BCUT2D eigenvalue weighted by Gasteiger charge is -1.94. The van der Waals surface area contributed by atoms with Gasteiger partial charge in [0.25, 0.3) is 0 Å². The van der Waals surface area contributed by atoms with Gasteiger partial charge in [-0.25, -0.2) is 0 Å². The minimum atomic E-state index is 0.658. The Kier molecular flexibility index (Phi) is 2.92. The van der Waals surface area contributed by atoms with Crippen LogP contribution in [0.1, 0.15) is 11.1 Å². The summed E-state index contributed by atoms with van der Waals surface area (Å²) in [5.41, 5.74) is 1.53. The minimum absolute atomic E-state index is 0.658. The van der Waals surface area contributed by atoms with Crippen LogP contribution in [-0.4, -0.2) is 7.11 Å². The van der Waals surface area contributed by atoms with Gasteiger partial charge in [0.05, 0.1) is 25.0 Å². The zero-order valence-electron chi connectivity index (χ0n) is 6.82. The number of methoxy groups -OCH3 is 1. The van der Waals surface area contributed by atoms with Crippen LogP contribution in [0.15, 0.2) is 30.5 Å². The first-order chi connectivity index (χ1) is 5.88. The van der Waals surface area contributed by atoms with Crippen LogP contribution in [0.2, 0.25) is 0 Å². The van der Waals surface area contributed by atoms with Gasteiger partial charge in [-0.3, -0.25) is 0 Å². The Morgan fingerprint density at radius 2 is 2.17 bits per heavy atom. The summed E-state index contributed by atoms with van der Waals surface area (Å²) >= 11 is 0. The van der Waals surface area contributed by atoms with Gasteiger partial charge in [-0.15, -0.1) is 0 Å². The SMILES string of the molecule is CO/C=C/c1ccccc1C#N. The second-order valence-electron chi connectivity index (χ2n) is 2.24. The summed E-state index contributed by atoms with van der Waals surface area (Å²) < 4.78 is 4.76. The Balaban J connectivity index is 2.99. The zero-order valence-corrected chi connectivity index (χ0v) is 6.82. The highest BCUT2D eigenvalue weighted by molar-refractivity contribution is 5.56. The van der Waals surface area contributed by atoms with E-state index in [0.29, 0.717) is 5.56 Å². The molecule has 0 saturated carbocycles. The van der Waals surface area contributed by atoms with E-state index < -0.39 is 0 Å². The number of hydrogen-bond donors (Lipinski definition) is 0. The number of hydrogen-bond acceptors (Lipinski definition) is 2. The molecule has 0 aromatic heterocycles. The second-order valence-corrected chi connectivity index (χ2v) is 2.24. The maximum absolute atomic E-state index is 8.69. The van der Waals surface area contributed by atoms with E-state index in [-0.39, 0.29) is 0 Å². The number of rotatable bonds is 2. The van der Waals surface area contributed by atoms with Crippen LogP contribution < -0.4 is 0 Å². The third-order valence-corrected chi connectivity index (χ3v) is 1.46. The second kappa shape index (κ2) is 4.20. The lowest BCUT2D eigenvalue weighted by molar-refractivity contribution is 0.341. The summed E-state index contributed by atoms with van der Waals surface area (Å²) in [6.45, 7) is 0. The summed E-state index contributed by atoms with van der Waals surface area (Å²) in [5, 5.41) is 8.69. The maximum atomic E-state index is 8.69. The van der Waals surface area contributed by atoms with Crippen LogP contribution in [0, 0.1) is 11.3 Å². The van der Waals surface area contributed by atoms with E-state index in [9.17, 15) is 0 Å². The highest BCUT2D eigenvalue weighted by atomic mass is 16.5. The molecule has 0 N–H and O–H groups in total. The van der Waals surface area contributed by atoms with Crippen molar-refractivity contribution in [2.45, 2.75) is 0 Å². The number of benzene rings is 1. The van der Waals surface area contributed by atoms with Crippen molar-refractivity contribution in [1.29, 1.82) is 5.26 Å². The first-order valence-corrected chi connectivity index (χ1v) is 3.57. The molecule has 1 rings (SSSR count). The third-order valence-electron chi connectivity index (χ3n) is 1.46. The predicted molar refractivity (Wildman–Crippen MR) is 47.2 cm³/mol. The van der Waals surface area contributed by atoms with Crippen molar-refractivity contribution in [3.8, 4) is 6.07 Å². The summed E-state index contributed by atoms with van der Waals surface area (Å²) in [6.07, 6.45) is 3.31. The monoisotopic (exact) mass is 159 g/mol. The standard InChI is InChI=1S/C10H9NO/c1-12-7-6-9-4-2-3-5-10(9)8-11/h2-7H,1H3/b7-6+. The molecule has 0 spiro atoms. The highest BCUT2D eigenvalue weighted by Crippen LogP contribution is 2.08. The summed E-state index contributed by atoms with van der Waals surface area (Å²) in [6, 6.07) is 9.46. The topological polar surface area (TPSA) is 33.0 Å². The van der Waals surface area contributed by atoms with E-state index in [4.69, 9.17) is 10.00 Å². The third kappa shape index (κ3) is 1.86. The molecule has 60 valence electrons. The first kappa shape index (κ1) is 8.35. The van der Waals surface area contributed by atoms with Gasteiger partial charge in [0, 0.05) is 0 Å². The van der Waals surface area contributed by atoms with Gasteiger partial charge >= 0.3 is 0 Å². The number of ether oxygens (including phenoxy) is 1. The molecule has 0 aliphatic heterocycles. The van der Waals surface area contributed by atoms with Crippen LogP contribution in [0.25, 0.3) is 6.08 Å². The number of nitriles is 1. The largest absolute Gasteiger partial charge is 0.504 e. The van der Waals surface area contributed by atoms with E-state index in [1.165, 1.54) is 0 Å². The molecule has 0 radical (unpaired) electrons. The molecule has 0 fully saturated rings. The van der Waals surface area contributed by atoms with Crippen LogP contribution in [0.3, 0.4) is 0 Å². The maximum Gasteiger partial charge on any atom is 0.0997 e. The molecule has 0 saturated heterocycles. The van der Waals surface area contributed by atoms with Gasteiger partial charge in [-0.1, -0.05) is 18.2 Å². The molecular weight excluding hydrogens is 150 g/mol. The van der Waals surface area contributed by atoms with E-state index >= 15 is 0 Å². The number of nitrogens with zero attached hydrogens (tertiary/aromatic N) is 1. The van der Waals surface area contributed by atoms with Crippen LogP contribution in [0.5, 0.6) is 0 Å². The lowest BCUT2D eigenvalue weighted by atomic mass is 10.1. The molecule has 0 aliphatic rings. The summed E-state index contributed by atoms with van der Waals surface area (Å²) in [5.74, 6) is 0. The van der Waals surface area contributed by atoms with E-state index in [0.717, 1.165) is 5.56 Å². The van der Waals surface area contributed by atoms with Crippen molar-refractivity contribution in [1.82, 2.24) is 0 Å². The fourth-order valence-corrected chi connectivity index (χ4v) is 0.886. The van der Waals surface area contributed by atoms with Gasteiger partial charge in [-0.2, -0.15) is 5.26 Å². The first-order valence-electron chi connectivity index (χ1n) is 3.57. The smallest absolute Gasteiger partial charge is 0.0997 e. The molecule has 0 amide bonds. The molecule has 0 atom stereocenters. The average molecular weight is 159 g/mol. The molecular formula is C10H9NO. The highest BCUT2D eigenvalue weighted by Gasteiger charge is 1.94. The van der Waals surface area contributed by atoms with Gasteiger partial charge < -0.3 is 4.74 Å². The van der Waals surface area contributed by atoms with Crippen LogP contribution in [0.4, 0.5) is 0 Å². The summed E-state index contributed by atoms with van der Waals surface area (Å²) in [7, 11) is 1.57. The van der Waals surface area contributed by atoms with Gasteiger partial charge in [-0.05, 0) is 17.7 Å². The van der Waals surface area contributed by atoms with Gasteiger partial charge in [0.15, 0.2) is 0 Å². The molecule has 0 aliphatic carbocycles. The Hall–Kier alpha value is -1.75. The predicted octanol–water partition coefficient (Wildman–Crippen LogP) is 2.18. The molecule has 2 nitrogen and oxygen atoms in total. The molecule has 2 heteroatoms. The van der Waals surface area contributed by atoms with E-state index in [1.54, 1.807) is 25.5 Å². The van der Waals surface area contributed by atoms with Crippen molar-refractivity contribution < 1.29 is 4.74 Å². The Labute approximate surface area is 71.7 Å². The van der Waals surface area contributed by atoms with Gasteiger partial charge in [0.1, 0.15) is 0 Å². The molecule has 0 bridgehead atoms. The molecule has 1 aromatic rings. The Morgan fingerprint density at radius 3 is 2.83 bits per heavy atom. The molecule has 0 heterocycles. The van der Waals surface area contributed by atoms with Crippen molar-refractivity contribution in [2.24, 2.45) is 0 Å². The van der Waals surface area contributed by atoms with Crippen molar-refractivity contribution >= 4 is 6.08 Å². The fourth-order valence-electron chi connectivity index (χ4n) is 0.886. The zero-order chi connectivity index (χ0) is 8.81. The Bertz CT molecular complexity index is 323. The van der Waals surface area contributed by atoms with Gasteiger partial charge in [0.2, 0.25) is 0 Å². The molecule has 0 unspecified atom stereocenters. The molecule has 12 heavy (non-hydrogen) atoms. The quantitative estimate of drug-likeness (QED) is 0.619. The van der Waals surface area contributed by atoms with Crippen LogP contribution in [-0.2, 0) is 4.74 Å². The van der Waals surface area contributed by atoms with Crippen LogP contribution >= 0.6 is 0 Å². The Morgan fingerprint density at radius 1 is 1.42 bits per heavy atom. The fraction of sp³-hybridized carbons (Fsp3) is 0.100. The minimum Gasteiger partial charge on any atom is -0.504 e.